The van der Waals surface area contributed by atoms with Crippen molar-refractivity contribution in [3.05, 3.63) is 89.1 Å². The van der Waals surface area contributed by atoms with Crippen molar-refractivity contribution in [3.8, 4) is 11.1 Å². The first-order valence-electron chi connectivity index (χ1n) is 10.3. The lowest BCUT2D eigenvalue weighted by Crippen LogP contribution is -2.25. The lowest BCUT2D eigenvalue weighted by Gasteiger charge is -2.12. The van der Waals surface area contributed by atoms with Gasteiger partial charge in [0.05, 0.1) is 11.4 Å². The number of aromatic nitrogens is 3. The molecule has 2 aromatic heterocycles. The molecule has 33 heavy (non-hydrogen) atoms. The molecule has 0 aliphatic rings. The maximum absolute atomic E-state index is 14.1. The van der Waals surface area contributed by atoms with Crippen LogP contribution in [-0.4, -0.2) is 25.8 Å². The van der Waals surface area contributed by atoms with Crippen LogP contribution in [0, 0.1) is 12.7 Å². The molecule has 0 radical (unpaired) electrons. The molecule has 0 saturated heterocycles. The van der Waals surface area contributed by atoms with Crippen molar-refractivity contribution < 1.29 is 9.18 Å². The third-order valence-electron chi connectivity index (χ3n) is 5.17. The molecular weight excluding hydrogens is 439 g/mol. The third kappa shape index (κ3) is 4.61. The van der Waals surface area contributed by atoms with E-state index >= 15 is 0 Å². The van der Waals surface area contributed by atoms with Gasteiger partial charge in [-0.25, -0.2) is 9.37 Å². The fourth-order valence-corrected chi connectivity index (χ4v) is 4.42. The zero-order chi connectivity index (χ0) is 23.5. The van der Waals surface area contributed by atoms with Gasteiger partial charge in [-0.2, -0.15) is 0 Å². The van der Waals surface area contributed by atoms with Crippen LogP contribution < -0.4 is 10.9 Å². The lowest BCUT2D eigenvalue weighted by molar-refractivity contribution is -0.113. The minimum atomic E-state index is -0.492. The first kappa shape index (κ1) is 22.5. The Morgan fingerprint density at radius 2 is 2.00 bits per heavy atom. The van der Waals surface area contributed by atoms with Gasteiger partial charge in [0.15, 0.2) is 5.16 Å². The number of hydrogen-bond acceptors (Lipinski definition) is 4. The zero-order valence-electron chi connectivity index (χ0n) is 18.3. The van der Waals surface area contributed by atoms with Crippen LogP contribution >= 0.6 is 11.8 Å². The highest BCUT2D eigenvalue weighted by molar-refractivity contribution is 7.99. The van der Waals surface area contributed by atoms with Gasteiger partial charge in [-0.3, -0.25) is 14.2 Å². The summed E-state index contributed by atoms with van der Waals surface area (Å²) in [6.07, 6.45) is 3.50. The van der Waals surface area contributed by atoms with Gasteiger partial charge in [0.2, 0.25) is 5.91 Å². The Morgan fingerprint density at radius 3 is 2.70 bits per heavy atom. The van der Waals surface area contributed by atoms with Gasteiger partial charge in [0.1, 0.15) is 16.9 Å². The van der Waals surface area contributed by atoms with Crippen LogP contribution in [0.5, 0.6) is 0 Å². The largest absolute Gasteiger partial charge is 0.344 e. The SMILES string of the molecule is C=CCn1c(SCC(=O)Nc2ccc(C)cc2F)nc2c(-c3ccccc3)cn(C)c2c1=O. The highest BCUT2D eigenvalue weighted by Gasteiger charge is 2.19. The fourth-order valence-electron chi connectivity index (χ4n) is 3.62. The fraction of sp³-hybridized carbons (Fsp3) is 0.160. The van der Waals surface area contributed by atoms with Gasteiger partial charge in [0, 0.05) is 25.4 Å². The number of nitrogens with zero attached hydrogens (tertiary/aromatic N) is 3. The molecule has 4 aromatic rings. The summed E-state index contributed by atoms with van der Waals surface area (Å²) in [6, 6.07) is 14.3. The predicted octanol–water partition coefficient (Wildman–Crippen LogP) is 4.77. The summed E-state index contributed by atoms with van der Waals surface area (Å²) in [7, 11) is 1.81. The van der Waals surface area contributed by atoms with Crippen LogP contribution in [0.15, 0.2) is 77.3 Å². The van der Waals surface area contributed by atoms with E-state index in [0.29, 0.717) is 16.2 Å². The van der Waals surface area contributed by atoms with Crippen LogP contribution in [0.2, 0.25) is 0 Å². The Bertz CT molecular complexity index is 1410. The number of amides is 1. The second-order valence-electron chi connectivity index (χ2n) is 7.64. The molecule has 168 valence electrons. The van der Waals surface area contributed by atoms with Crippen molar-refractivity contribution in [2.75, 3.05) is 11.1 Å². The van der Waals surface area contributed by atoms with Gasteiger partial charge in [-0.1, -0.05) is 54.2 Å². The first-order chi connectivity index (χ1) is 15.9. The number of thioether (sulfide) groups is 1. The zero-order valence-corrected chi connectivity index (χ0v) is 19.2. The van der Waals surface area contributed by atoms with Crippen LogP contribution in [-0.2, 0) is 18.4 Å². The summed E-state index contributed by atoms with van der Waals surface area (Å²) >= 11 is 1.13. The molecule has 0 bridgehead atoms. The van der Waals surface area contributed by atoms with Crippen molar-refractivity contribution in [2.45, 2.75) is 18.6 Å². The number of benzene rings is 2. The van der Waals surface area contributed by atoms with Crippen LogP contribution in [0.4, 0.5) is 10.1 Å². The Balaban J connectivity index is 1.68. The summed E-state index contributed by atoms with van der Waals surface area (Å²) in [6.45, 7) is 5.77. The molecule has 1 N–H and O–H groups in total. The first-order valence-corrected chi connectivity index (χ1v) is 11.3. The summed E-state index contributed by atoms with van der Waals surface area (Å²) in [5.41, 5.74) is 3.50. The lowest BCUT2D eigenvalue weighted by atomic mass is 10.1. The predicted molar refractivity (Wildman–Crippen MR) is 131 cm³/mol. The molecule has 0 aliphatic carbocycles. The summed E-state index contributed by atoms with van der Waals surface area (Å²) in [5.74, 6) is -0.914. The average molecular weight is 463 g/mol. The number of rotatable bonds is 7. The molecule has 4 rings (SSSR count). The normalized spacial score (nSPS) is 11.0. The molecule has 8 heteroatoms. The molecule has 0 aliphatic heterocycles. The molecule has 2 aromatic carbocycles. The van der Waals surface area contributed by atoms with E-state index in [4.69, 9.17) is 4.98 Å². The Morgan fingerprint density at radius 1 is 1.24 bits per heavy atom. The van der Waals surface area contributed by atoms with Crippen LogP contribution in [0.3, 0.4) is 0 Å². The molecule has 1 amide bonds. The van der Waals surface area contributed by atoms with Crippen LogP contribution in [0.1, 0.15) is 5.56 Å². The van der Waals surface area contributed by atoms with E-state index in [1.165, 1.54) is 16.7 Å². The van der Waals surface area contributed by atoms with Gasteiger partial charge in [-0.05, 0) is 30.2 Å². The quantitative estimate of drug-likeness (QED) is 0.244. The van der Waals surface area contributed by atoms with E-state index in [2.05, 4.69) is 11.9 Å². The minimum absolute atomic E-state index is 0.0318. The third-order valence-corrected chi connectivity index (χ3v) is 6.14. The van der Waals surface area contributed by atoms with E-state index in [-0.39, 0.29) is 23.5 Å². The van der Waals surface area contributed by atoms with Crippen molar-refractivity contribution in [3.63, 3.8) is 0 Å². The molecule has 2 heterocycles. The molecule has 0 saturated carbocycles. The molecular formula is C25H23FN4O2S. The second kappa shape index (κ2) is 9.46. The number of aryl methyl sites for hydroxylation is 2. The number of carbonyl (C=O) groups is 1. The van der Waals surface area contributed by atoms with Crippen molar-refractivity contribution in [1.82, 2.24) is 14.1 Å². The number of carbonyl (C=O) groups excluding carboxylic acids is 1. The molecule has 0 unspecified atom stereocenters. The van der Waals surface area contributed by atoms with E-state index in [9.17, 15) is 14.0 Å². The monoisotopic (exact) mass is 462 g/mol. The highest BCUT2D eigenvalue weighted by Crippen LogP contribution is 2.29. The van der Waals surface area contributed by atoms with E-state index in [1.54, 1.807) is 23.6 Å². The number of hydrogen-bond donors (Lipinski definition) is 1. The molecule has 0 atom stereocenters. The second-order valence-corrected chi connectivity index (χ2v) is 8.58. The number of nitrogens with one attached hydrogen (secondary N) is 1. The number of anilines is 1. The van der Waals surface area contributed by atoms with E-state index < -0.39 is 11.7 Å². The minimum Gasteiger partial charge on any atom is -0.344 e. The topological polar surface area (TPSA) is 68.9 Å². The number of halogens is 1. The Hall–Kier alpha value is -3.65. The summed E-state index contributed by atoms with van der Waals surface area (Å²) < 4.78 is 17.3. The Kier molecular flexibility index (Phi) is 6.46. The summed E-state index contributed by atoms with van der Waals surface area (Å²) in [4.78, 5) is 30.6. The van der Waals surface area contributed by atoms with Crippen molar-refractivity contribution in [1.29, 1.82) is 0 Å². The van der Waals surface area contributed by atoms with Gasteiger partial charge < -0.3 is 9.88 Å². The summed E-state index contributed by atoms with van der Waals surface area (Å²) in [5, 5.41) is 2.98. The van der Waals surface area contributed by atoms with Gasteiger partial charge >= 0.3 is 0 Å². The highest BCUT2D eigenvalue weighted by atomic mass is 32.2. The number of allylic oxidation sites excluding steroid dienone is 1. The maximum atomic E-state index is 14.1. The van der Waals surface area contributed by atoms with E-state index in [1.807, 2.05) is 43.6 Å². The van der Waals surface area contributed by atoms with Gasteiger partial charge in [0.25, 0.3) is 5.56 Å². The molecule has 0 spiro atoms. The molecule has 0 fully saturated rings. The smallest absolute Gasteiger partial charge is 0.279 e. The van der Waals surface area contributed by atoms with E-state index in [0.717, 1.165) is 28.5 Å². The Labute approximate surface area is 194 Å². The molecule has 6 nitrogen and oxygen atoms in total. The van der Waals surface area contributed by atoms with Crippen molar-refractivity contribution >= 4 is 34.4 Å². The van der Waals surface area contributed by atoms with Gasteiger partial charge in [-0.15, -0.1) is 6.58 Å². The maximum Gasteiger partial charge on any atom is 0.279 e. The average Bonchev–Trinajstić information content (AvgIpc) is 3.13. The standard InChI is InChI=1S/C25H23FN4O2S/c1-4-12-30-24(32)23-22(18(14-29(23)3)17-8-6-5-7-9-17)28-25(30)33-15-21(31)27-20-11-10-16(2)13-19(20)26/h4-11,13-14H,1,12,15H2,2-3H3,(H,27,31). The van der Waals surface area contributed by atoms with Crippen molar-refractivity contribution in [2.24, 2.45) is 7.05 Å². The number of fused-ring (bicyclic) bond motifs is 1. The van der Waals surface area contributed by atoms with Crippen LogP contribution in [0.25, 0.3) is 22.2 Å².